The fourth-order valence-corrected chi connectivity index (χ4v) is 2.68. The summed E-state index contributed by atoms with van der Waals surface area (Å²) in [6.07, 6.45) is 2.79. The van der Waals surface area contributed by atoms with E-state index in [1.165, 1.54) is 0 Å². The largest absolute Gasteiger partial charge is 0.481 e. The molecule has 1 atom stereocenters. The molecule has 5 heteroatoms. The highest BCUT2D eigenvalue weighted by atomic mass is 16.6. The van der Waals surface area contributed by atoms with Crippen LogP contribution in [0.4, 0.5) is 4.79 Å². The Labute approximate surface area is 121 Å². The van der Waals surface area contributed by atoms with Gasteiger partial charge in [0.25, 0.3) is 0 Å². The third kappa shape index (κ3) is 5.02. The van der Waals surface area contributed by atoms with Crippen molar-refractivity contribution in [2.75, 3.05) is 13.1 Å². The number of nitrogens with zero attached hydrogens (tertiary/aromatic N) is 1. The van der Waals surface area contributed by atoms with Crippen LogP contribution in [0.3, 0.4) is 0 Å². The van der Waals surface area contributed by atoms with E-state index in [0.717, 1.165) is 19.3 Å². The lowest BCUT2D eigenvalue weighted by atomic mass is 9.82. The monoisotopic (exact) mass is 285 g/mol. The van der Waals surface area contributed by atoms with Gasteiger partial charge in [-0.1, -0.05) is 13.3 Å². The van der Waals surface area contributed by atoms with Gasteiger partial charge < -0.3 is 14.7 Å². The molecule has 0 spiro atoms. The second kappa shape index (κ2) is 6.95. The van der Waals surface area contributed by atoms with Crippen molar-refractivity contribution >= 4 is 12.1 Å². The van der Waals surface area contributed by atoms with Crippen LogP contribution in [0.15, 0.2) is 0 Å². The first-order valence-corrected chi connectivity index (χ1v) is 7.45. The van der Waals surface area contributed by atoms with Crippen LogP contribution in [0.2, 0.25) is 0 Å². The standard InChI is InChI=1S/C15H27NO4/c1-5-6-12(13(17)18)11-7-9-16(10-8-11)14(19)20-15(2,3)4/h11-12H,5-10H2,1-4H3,(H,17,18). The Morgan fingerprint density at radius 1 is 1.30 bits per heavy atom. The Morgan fingerprint density at radius 2 is 1.85 bits per heavy atom. The highest BCUT2D eigenvalue weighted by Crippen LogP contribution is 2.29. The summed E-state index contributed by atoms with van der Waals surface area (Å²) in [4.78, 5) is 24.9. The predicted octanol–water partition coefficient (Wildman–Crippen LogP) is 3.13. The van der Waals surface area contributed by atoms with Crippen molar-refractivity contribution in [3.8, 4) is 0 Å². The van der Waals surface area contributed by atoms with Gasteiger partial charge in [-0.25, -0.2) is 4.79 Å². The molecule has 1 fully saturated rings. The summed E-state index contributed by atoms with van der Waals surface area (Å²) < 4.78 is 5.34. The number of carbonyl (C=O) groups is 2. The molecular weight excluding hydrogens is 258 g/mol. The van der Waals surface area contributed by atoms with Crippen molar-refractivity contribution in [3.05, 3.63) is 0 Å². The first kappa shape index (κ1) is 16.8. The second-order valence-corrected chi connectivity index (χ2v) is 6.54. The lowest BCUT2D eigenvalue weighted by molar-refractivity contribution is -0.144. The summed E-state index contributed by atoms with van der Waals surface area (Å²) in [5, 5.41) is 9.28. The summed E-state index contributed by atoms with van der Waals surface area (Å²) in [7, 11) is 0. The molecule has 1 saturated heterocycles. The molecule has 0 saturated carbocycles. The van der Waals surface area contributed by atoms with Crippen molar-refractivity contribution in [2.24, 2.45) is 11.8 Å². The summed E-state index contributed by atoms with van der Waals surface area (Å²) in [5.74, 6) is -0.811. The molecule has 1 rings (SSSR count). The number of rotatable bonds is 4. The van der Waals surface area contributed by atoms with Gasteiger partial charge >= 0.3 is 12.1 Å². The van der Waals surface area contributed by atoms with Crippen LogP contribution < -0.4 is 0 Å². The van der Waals surface area contributed by atoms with Crippen molar-refractivity contribution in [1.82, 2.24) is 4.90 Å². The van der Waals surface area contributed by atoms with E-state index >= 15 is 0 Å². The lowest BCUT2D eigenvalue weighted by Crippen LogP contribution is -2.43. The Balaban J connectivity index is 2.50. The minimum atomic E-state index is -0.706. The van der Waals surface area contributed by atoms with E-state index in [1.54, 1.807) is 4.90 Å². The number of carbonyl (C=O) groups excluding carboxylic acids is 1. The number of carboxylic acids is 1. The van der Waals surface area contributed by atoms with Crippen LogP contribution in [0, 0.1) is 11.8 Å². The number of ether oxygens (including phenoxy) is 1. The van der Waals surface area contributed by atoms with Crippen molar-refractivity contribution in [3.63, 3.8) is 0 Å². The van der Waals surface area contributed by atoms with E-state index in [1.807, 2.05) is 27.7 Å². The molecule has 0 aromatic heterocycles. The first-order chi connectivity index (χ1) is 9.24. The summed E-state index contributed by atoms with van der Waals surface area (Å²) >= 11 is 0. The van der Waals surface area contributed by atoms with Crippen LogP contribution in [-0.4, -0.2) is 40.8 Å². The summed E-state index contributed by atoms with van der Waals surface area (Å²) in [6, 6.07) is 0. The van der Waals surface area contributed by atoms with Gasteiger partial charge in [0.1, 0.15) is 5.60 Å². The van der Waals surface area contributed by atoms with E-state index in [9.17, 15) is 14.7 Å². The SMILES string of the molecule is CCCC(C(=O)O)C1CCN(C(=O)OC(C)(C)C)CC1. The number of aliphatic carboxylic acids is 1. The Bertz CT molecular complexity index is 340. The minimum Gasteiger partial charge on any atom is -0.481 e. The van der Waals surface area contributed by atoms with E-state index in [4.69, 9.17) is 4.74 Å². The Hall–Kier alpha value is -1.26. The van der Waals surface area contributed by atoms with Crippen molar-refractivity contribution in [2.45, 2.75) is 59.0 Å². The molecule has 1 amide bonds. The van der Waals surface area contributed by atoms with Crippen LogP contribution in [0.5, 0.6) is 0 Å². The molecule has 1 aliphatic rings. The number of carboxylic acid groups (broad SMARTS) is 1. The van der Waals surface area contributed by atoms with Crippen LogP contribution in [-0.2, 0) is 9.53 Å². The smallest absolute Gasteiger partial charge is 0.410 e. The van der Waals surface area contributed by atoms with E-state index in [0.29, 0.717) is 19.5 Å². The molecule has 1 heterocycles. The van der Waals surface area contributed by atoms with Gasteiger partial charge in [0, 0.05) is 13.1 Å². The molecule has 5 nitrogen and oxygen atoms in total. The van der Waals surface area contributed by atoms with Gasteiger partial charge in [-0.3, -0.25) is 4.79 Å². The molecule has 1 aliphatic heterocycles. The normalized spacial score (nSPS) is 18.7. The highest BCUT2D eigenvalue weighted by molar-refractivity contribution is 5.71. The average molecular weight is 285 g/mol. The number of hydrogen-bond acceptors (Lipinski definition) is 3. The van der Waals surface area contributed by atoms with Gasteiger partial charge in [-0.15, -0.1) is 0 Å². The maximum atomic E-state index is 11.9. The third-order valence-corrected chi connectivity index (χ3v) is 3.68. The molecule has 0 aromatic carbocycles. The van der Waals surface area contributed by atoms with Gasteiger partial charge in [-0.05, 0) is 46.0 Å². The van der Waals surface area contributed by atoms with E-state index in [2.05, 4.69) is 0 Å². The van der Waals surface area contributed by atoms with Crippen molar-refractivity contribution in [1.29, 1.82) is 0 Å². The molecule has 0 bridgehead atoms. The summed E-state index contributed by atoms with van der Waals surface area (Å²) in [6.45, 7) is 8.73. The zero-order valence-electron chi connectivity index (χ0n) is 13.0. The van der Waals surface area contributed by atoms with Crippen LogP contribution >= 0.6 is 0 Å². The van der Waals surface area contributed by atoms with Gasteiger partial charge in [0.05, 0.1) is 5.92 Å². The fourth-order valence-electron chi connectivity index (χ4n) is 2.68. The van der Waals surface area contributed by atoms with Gasteiger partial charge in [0.2, 0.25) is 0 Å². The fraction of sp³-hybridized carbons (Fsp3) is 0.867. The van der Waals surface area contributed by atoms with Crippen LogP contribution in [0.25, 0.3) is 0 Å². The van der Waals surface area contributed by atoms with E-state index in [-0.39, 0.29) is 17.9 Å². The molecule has 1 unspecified atom stereocenters. The Kier molecular flexibility index (Phi) is 5.84. The van der Waals surface area contributed by atoms with Gasteiger partial charge in [-0.2, -0.15) is 0 Å². The number of piperidine rings is 1. The molecule has 1 N–H and O–H groups in total. The molecule has 0 aliphatic carbocycles. The quantitative estimate of drug-likeness (QED) is 0.861. The molecule has 0 radical (unpaired) electrons. The Morgan fingerprint density at radius 3 is 2.25 bits per heavy atom. The predicted molar refractivity (Wildman–Crippen MR) is 76.6 cm³/mol. The maximum Gasteiger partial charge on any atom is 0.410 e. The third-order valence-electron chi connectivity index (χ3n) is 3.68. The zero-order valence-corrected chi connectivity index (χ0v) is 13.0. The first-order valence-electron chi connectivity index (χ1n) is 7.45. The van der Waals surface area contributed by atoms with Crippen LogP contribution in [0.1, 0.15) is 53.4 Å². The number of likely N-dealkylation sites (tertiary alicyclic amines) is 1. The maximum absolute atomic E-state index is 11.9. The molecule has 0 aromatic rings. The van der Waals surface area contributed by atoms with Crippen molar-refractivity contribution < 1.29 is 19.4 Å². The zero-order chi connectivity index (χ0) is 15.3. The lowest BCUT2D eigenvalue weighted by Gasteiger charge is -2.35. The van der Waals surface area contributed by atoms with Gasteiger partial charge in [0.15, 0.2) is 0 Å². The highest BCUT2D eigenvalue weighted by Gasteiger charge is 2.33. The molecule has 20 heavy (non-hydrogen) atoms. The minimum absolute atomic E-state index is 0.172. The topological polar surface area (TPSA) is 66.8 Å². The number of hydrogen-bond donors (Lipinski definition) is 1. The second-order valence-electron chi connectivity index (χ2n) is 6.54. The number of amides is 1. The average Bonchev–Trinajstić information content (AvgIpc) is 2.33. The summed E-state index contributed by atoms with van der Waals surface area (Å²) in [5.41, 5.74) is -0.486. The molecular formula is C15H27NO4. The van der Waals surface area contributed by atoms with E-state index < -0.39 is 11.6 Å². The molecule has 116 valence electrons.